The van der Waals surface area contributed by atoms with Crippen molar-refractivity contribution < 1.29 is 4.74 Å². The molecule has 5 rings (SSSR count). The number of ether oxygens (including phenoxy) is 1. The predicted octanol–water partition coefficient (Wildman–Crippen LogP) is 6.72. The van der Waals surface area contributed by atoms with Crippen molar-refractivity contribution in [3.8, 4) is 5.75 Å². The van der Waals surface area contributed by atoms with Gasteiger partial charge in [-0.1, -0.05) is 69.7 Å². The van der Waals surface area contributed by atoms with Crippen molar-refractivity contribution in [3.05, 3.63) is 76.4 Å². The van der Waals surface area contributed by atoms with Crippen LogP contribution in [-0.2, 0) is 12.8 Å². The first-order valence-electron chi connectivity index (χ1n) is 10.5. The molecule has 28 heavy (non-hydrogen) atoms. The standard InChI is InChI=1S/C27H30O/c1-26(2)16-23-20-9-7-6-8-18(20)14-24(23)27(3,4)25(26)21-13-11-17-10-12-19(28-5)15-22(17)21/h6-10,12-13,15,25H,11,14,16H2,1-5H3. The van der Waals surface area contributed by atoms with Gasteiger partial charge in [-0.15, -0.1) is 0 Å². The van der Waals surface area contributed by atoms with Crippen molar-refractivity contribution in [1.29, 1.82) is 0 Å². The van der Waals surface area contributed by atoms with E-state index < -0.39 is 0 Å². The van der Waals surface area contributed by atoms with E-state index >= 15 is 0 Å². The van der Waals surface area contributed by atoms with Gasteiger partial charge in [-0.3, -0.25) is 0 Å². The molecule has 2 aromatic rings. The third-order valence-electron chi connectivity index (χ3n) is 7.47. The maximum atomic E-state index is 5.55. The molecule has 144 valence electrons. The molecule has 0 radical (unpaired) electrons. The molecular weight excluding hydrogens is 340 g/mol. The number of methoxy groups -OCH3 is 1. The summed E-state index contributed by atoms with van der Waals surface area (Å²) >= 11 is 0. The summed E-state index contributed by atoms with van der Waals surface area (Å²) in [6.07, 6.45) is 5.81. The van der Waals surface area contributed by atoms with Gasteiger partial charge in [-0.05, 0) is 81.5 Å². The second-order valence-electron chi connectivity index (χ2n) is 10.00. The Kier molecular flexibility index (Phi) is 3.72. The minimum absolute atomic E-state index is 0.132. The highest BCUT2D eigenvalue weighted by molar-refractivity contribution is 5.83. The topological polar surface area (TPSA) is 9.23 Å². The smallest absolute Gasteiger partial charge is 0.119 e. The lowest BCUT2D eigenvalue weighted by Gasteiger charge is -2.51. The minimum Gasteiger partial charge on any atom is -0.497 e. The van der Waals surface area contributed by atoms with Gasteiger partial charge in [-0.2, -0.15) is 0 Å². The minimum atomic E-state index is 0.132. The fourth-order valence-electron chi connectivity index (χ4n) is 6.50. The van der Waals surface area contributed by atoms with Crippen molar-refractivity contribution in [2.75, 3.05) is 7.11 Å². The second kappa shape index (κ2) is 5.86. The van der Waals surface area contributed by atoms with Gasteiger partial charge < -0.3 is 4.74 Å². The fraction of sp³-hybridized carbons (Fsp3) is 0.407. The third-order valence-corrected chi connectivity index (χ3v) is 7.47. The van der Waals surface area contributed by atoms with Crippen molar-refractivity contribution >= 4 is 11.1 Å². The van der Waals surface area contributed by atoms with Crippen LogP contribution >= 0.6 is 0 Å². The highest BCUT2D eigenvalue weighted by Crippen LogP contribution is 2.63. The van der Waals surface area contributed by atoms with E-state index in [1.54, 1.807) is 18.3 Å². The van der Waals surface area contributed by atoms with E-state index in [9.17, 15) is 0 Å². The van der Waals surface area contributed by atoms with Crippen molar-refractivity contribution in [3.63, 3.8) is 0 Å². The summed E-state index contributed by atoms with van der Waals surface area (Å²) in [6, 6.07) is 15.6. The molecule has 0 N–H and O–H groups in total. The summed E-state index contributed by atoms with van der Waals surface area (Å²) in [5.41, 5.74) is 11.0. The van der Waals surface area contributed by atoms with E-state index in [1.807, 2.05) is 0 Å². The van der Waals surface area contributed by atoms with Crippen molar-refractivity contribution in [1.82, 2.24) is 0 Å². The average molecular weight is 371 g/mol. The maximum Gasteiger partial charge on any atom is 0.119 e. The zero-order valence-corrected chi connectivity index (χ0v) is 17.7. The van der Waals surface area contributed by atoms with Gasteiger partial charge in [0.2, 0.25) is 0 Å². The highest BCUT2D eigenvalue weighted by Gasteiger charge is 2.51. The van der Waals surface area contributed by atoms with Crippen LogP contribution in [0.25, 0.3) is 11.1 Å². The van der Waals surface area contributed by atoms with E-state index in [0.717, 1.165) is 25.0 Å². The Hall–Kier alpha value is -2.28. The molecule has 1 atom stereocenters. The predicted molar refractivity (Wildman–Crippen MR) is 117 cm³/mol. The molecule has 0 bridgehead atoms. The van der Waals surface area contributed by atoms with E-state index in [2.05, 4.69) is 76.2 Å². The van der Waals surface area contributed by atoms with Crippen LogP contribution in [-0.4, -0.2) is 7.11 Å². The third kappa shape index (κ3) is 2.38. The van der Waals surface area contributed by atoms with Crippen LogP contribution in [0.5, 0.6) is 5.75 Å². The van der Waals surface area contributed by atoms with E-state index in [1.165, 1.54) is 27.8 Å². The molecule has 0 spiro atoms. The zero-order chi connectivity index (χ0) is 19.7. The average Bonchev–Trinajstić information content (AvgIpc) is 3.23. The monoisotopic (exact) mass is 370 g/mol. The van der Waals surface area contributed by atoms with Gasteiger partial charge in [0.1, 0.15) is 5.75 Å². The number of hydrogen-bond acceptors (Lipinski definition) is 1. The van der Waals surface area contributed by atoms with Crippen LogP contribution < -0.4 is 4.74 Å². The molecule has 3 aliphatic rings. The first-order valence-corrected chi connectivity index (χ1v) is 10.5. The molecule has 0 aliphatic heterocycles. The second-order valence-corrected chi connectivity index (χ2v) is 10.00. The molecule has 1 unspecified atom stereocenters. The molecule has 0 heterocycles. The Bertz CT molecular complexity index is 1030. The van der Waals surface area contributed by atoms with Gasteiger partial charge >= 0.3 is 0 Å². The highest BCUT2D eigenvalue weighted by atomic mass is 16.5. The normalized spacial score (nSPS) is 23.8. The lowest BCUT2D eigenvalue weighted by Crippen LogP contribution is -2.42. The van der Waals surface area contributed by atoms with E-state index in [-0.39, 0.29) is 10.8 Å². The number of hydrogen-bond donors (Lipinski definition) is 0. The van der Waals surface area contributed by atoms with Crippen LogP contribution in [0, 0.1) is 16.7 Å². The summed E-state index contributed by atoms with van der Waals surface area (Å²) in [6.45, 7) is 9.92. The summed E-state index contributed by atoms with van der Waals surface area (Å²) in [5.74, 6) is 1.47. The molecular formula is C27H30O. The molecule has 1 heteroatoms. The first kappa shape index (κ1) is 17.8. The zero-order valence-electron chi connectivity index (χ0n) is 17.7. The Balaban J connectivity index is 1.64. The summed E-state index contributed by atoms with van der Waals surface area (Å²) < 4.78 is 5.55. The Labute approximate surface area is 169 Å². The summed E-state index contributed by atoms with van der Waals surface area (Å²) in [4.78, 5) is 0. The van der Waals surface area contributed by atoms with Gasteiger partial charge in [-0.25, -0.2) is 0 Å². The largest absolute Gasteiger partial charge is 0.497 e. The first-order chi connectivity index (χ1) is 13.3. The van der Waals surface area contributed by atoms with Crippen LogP contribution in [0.1, 0.15) is 56.4 Å². The fourth-order valence-corrected chi connectivity index (χ4v) is 6.50. The molecule has 3 aliphatic carbocycles. The maximum absolute atomic E-state index is 5.55. The lowest BCUT2D eigenvalue weighted by molar-refractivity contribution is 0.143. The number of allylic oxidation sites excluding steroid dienone is 4. The van der Waals surface area contributed by atoms with Crippen LogP contribution in [0.3, 0.4) is 0 Å². The van der Waals surface area contributed by atoms with Crippen LogP contribution in [0.4, 0.5) is 0 Å². The van der Waals surface area contributed by atoms with Gasteiger partial charge in [0, 0.05) is 0 Å². The molecule has 0 fully saturated rings. The summed E-state index contributed by atoms with van der Waals surface area (Å²) in [7, 11) is 1.77. The SMILES string of the molecule is COc1ccc2c(c1)C(C1C(C)(C)CC3=C(Cc4ccccc43)C1(C)C)=CC2. The van der Waals surface area contributed by atoms with Gasteiger partial charge in [0.05, 0.1) is 7.11 Å². The van der Waals surface area contributed by atoms with Crippen molar-refractivity contribution in [2.24, 2.45) is 16.7 Å². The number of rotatable bonds is 2. The number of benzene rings is 2. The molecule has 0 aromatic heterocycles. The molecule has 2 aromatic carbocycles. The summed E-state index contributed by atoms with van der Waals surface area (Å²) in [5, 5.41) is 0. The van der Waals surface area contributed by atoms with Gasteiger partial charge in [0.15, 0.2) is 0 Å². The van der Waals surface area contributed by atoms with Crippen LogP contribution in [0.15, 0.2) is 54.1 Å². The van der Waals surface area contributed by atoms with Crippen LogP contribution in [0.2, 0.25) is 0 Å². The Morgan fingerprint density at radius 2 is 1.71 bits per heavy atom. The lowest BCUT2D eigenvalue weighted by atomic mass is 9.52. The molecule has 0 amide bonds. The molecule has 1 nitrogen and oxygen atoms in total. The molecule has 0 saturated carbocycles. The Morgan fingerprint density at radius 1 is 0.929 bits per heavy atom. The van der Waals surface area contributed by atoms with Crippen molar-refractivity contribution in [2.45, 2.75) is 47.0 Å². The van der Waals surface area contributed by atoms with E-state index in [0.29, 0.717) is 5.92 Å². The molecule has 0 saturated heterocycles. The Morgan fingerprint density at radius 3 is 2.50 bits per heavy atom. The van der Waals surface area contributed by atoms with Gasteiger partial charge in [0.25, 0.3) is 0 Å². The van der Waals surface area contributed by atoms with E-state index in [4.69, 9.17) is 4.74 Å². The quantitative estimate of drug-likeness (QED) is 0.570. The number of fused-ring (bicyclic) bond motifs is 3.